The monoisotopic (exact) mass is 319 g/mol. The summed E-state index contributed by atoms with van der Waals surface area (Å²) < 4.78 is 5.42. The molecular formula is C16H11Cl2NO2. The van der Waals surface area contributed by atoms with Gasteiger partial charge in [0.15, 0.2) is 0 Å². The average Bonchev–Trinajstić information content (AvgIpc) is 2.46. The Kier molecular flexibility index (Phi) is 3.62. The van der Waals surface area contributed by atoms with Gasteiger partial charge in [-0.15, -0.1) is 0 Å². The van der Waals surface area contributed by atoms with Crippen molar-refractivity contribution in [1.82, 2.24) is 4.98 Å². The van der Waals surface area contributed by atoms with Gasteiger partial charge in [-0.3, -0.25) is 4.79 Å². The maximum absolute atomic E-state index is 11.4. The Labute approximate surface area is 131 Å². The minimum Gasteiger partial charge on any atom is -0.496 e. The zero-order valence-corrected chi connectivity index (χ0v) is 12.6. The van der Waals surface area contributed by atoms with E-state index in [1.807, 2.05) is 12.1 Å². The summed E-state index contributed by atoms with van der Waals surface area (Å²) in [5.41, 5.74) is 2.24. The minimum absolute atomic E-state index is 0.151. The van der Waals surface area contributed by atoms with E-state index < -0.39 is 0 Å². The molecule has 0 saturated heterocycles. The molecule has 3 aromatic rings. The van der Waals surface area contributed by atoms with Gasteiger partial charge in [-0.2, -0.15) is 0 Å². The molecular weight excluding hydrogens is 309 g/mol. The lowest BCUT2D eigenvalue weighted by Crippen LogP contribution is -2.02. The van der Waals surface area contributed by atoms with Gasteiger partial charge in [0, 0.05) is 28.3 Å². The smallest absolute Gasteiger partial charge is 0.248 e. The van der Waals surface area contributed by atoms with Crippen LogP contribution >= 0.6 is 23.2 Å². The van der Waals surface area contributed by atoms with E-state index in [0.29, 0.717) is 21.3 Å². The zero-order chi connectivity index (χ0) is 15.0. The third kappa shape index (κ3) is 2.62. The number of rotatable bonds is 2. The fraction of sp³-hybridized carbons (Fsp3) is 0.0625. The van der Waals surface area contributed by atoms with E-state index in [9.17, 15) is 4.79 Å². The van der Waals surface area contributed by atoms with Crippen LogP contribution in [0.3, 0.4) is 0 Å². The number of benzene rings is 2. The zero-order valence-electron chi connectivity index (χ0n) is 11.1. The fourth-order valence-electron chi connectivity index (χ4n) is 2.27. The Morgan fingerprint density at radius 1 is 1.00 bits per heavy atom. The summed E-state index contributed by atoms with van der Waals surface area (Å²) in [6.07, 6.45) is 0. The van der Waals surface area contributed by atoms with Crippen molar-refractivity contribution in [2.24, 2.45) is 0 Å². The second-order valence-electron chi connectivity index (χ2n) is 4.59. The molecule has 1 N–H and O–H groups in total. The van der Waals surface area contributed by atoms with Gasteiger partial charge < -0.3 is 9.72 Å². The number of fused-ring (bicyclic) bond motifs is 1. The van der Waals surface area contributed by atoms with Crippen LogP contribution < -0.4 is 10.3 Å². The summed E-state index contributed by atoms with van der Waals surface area (Å²) >= 11 is 12.2. The molecule has 0 atom stereocenters. The number of methoxy groups -OCH3 is 1. The number of aromatic amines is 1. The van der Waals surface area contributed by atoms with E-state index >= 15 is 0 Å². The lowest BCUT2D eigenvalue weighted by molar-refractivity contribution is 0.417. The SMILES string of the molecule is COc1cc2[nH]c(=O)ccc2cc1-c1ccc(Cl)cc1Cl. The maximum Gasteiger partial charge on any atom is 0.248 e. The summed E-state index contributed by atoms with van der Waals surface area (Å²) in [6.45, 7) is 0. The van der Waals surface area contributed by atoms with Crippen LogP contribution in [-0.4, -0.2) is 12.1 Å². The Morgan fingerprint density at radius 3 is 2.52 bits per heavy atom. The third-order valence-electron chi connectivity index (χ3n) is 3.27. The highest BCUT2D eigenvalue weighted by molar-refractivity contribution is 6.36. The number of pyridine rings is 1. The quantitative estimate of drug-likeness (QED) is 0.755. The molecule has 5 heteroatoms. The number of hydrogen-bond acceptors (Lipinski definition) is 2. The predicted molar refractivity (Wildman–Crippen MR) is 86.6 cm³/mol. The molecule has 3 nitrogen and oxygen atoms in total. The number of halogens is 2. The first-order valence-corrected chi connectivity index (χ1v) is 7.00. The first kappa shape index (κ1) is 14.0. The molecule has 0 saturated carbocycles. The molecule has 0 fully saturated rings. The van der Waals surface area contributed by atoms with Crippen LogP contribution in [0.4, 0.5) is 0 Å². The van der Waals surface area contributed by atoms with Crippen LogP contribution in [0, 0.1) is 0 Å². The molecule has 0 amide bonds. The predicted octanol–water partition coefficient (Wildman–Crippen LogP) is 4.51. The summed E-state index contributed by atoms with van der Waals surface area (Å²) in [6, 6.07) is 12.3. The highest BCUT2D eigenvalue weighted by atomic mass is 35.5. The normalized spacial score (nSPS) is 10.8. The van der Waals surface area contributed by atoms with E-state index in [4.69, 9.17) is 27.9 Å². The molecule has 1 aromatic heterocycles. The van der Waals surface area contributed by atoms with E-state index in [1.54, 1.807) is 31.4 Å². The number of H-pyrrole nitrogens is 1. The van der Waals surface area contributed by atoms with Crippen LogP contribution in [0.25, 0.3) is 22.0 Å². The number of ether oxygens (including phenoxy) is 1. The summed E-state index contributed by atoms with van der Waals surface area (Å²) in [7, 11) is 1.58. The van der Waals surface area contributed by atoms with Crippen molar-refractivity contribution in [3.05, 3.63) is 62.9 Å². The molecule has 0 bridgehead atoms. The van der Waals surface area contributed by atoms with Crippen LogP contribution in [0.15, 0.2) is 47.3 Å². The molecule has 0 radical (unpaired) electrons. The van der Waals surface area contributed by atoms with Gasteiger partial charge in [0.25, 0.3) is 0 Å². The van der Waals surface area contributed by atoms with Crippen molar-refractivity contribution in [3.8, 4) is 16.9 Å². The second kappa shape index (κ2) is 5.43. The molecule has 0 spiro atoms. The van der Waals surface area contributed by atoms with E-state index in [0.717, 1.165) is 16.5 Å². The van der Waals surface area contributed by atoms with Crippen LogP contribution in [0.2, 0.25) is 10.0 Å². The third-order valence-corrected chi connectivity index (χ3v) is 3.81. The Morgan fingerprint density at radius 2 is 1.81 bits per heavy atom. The molecule has 1 heterocycles. The first-order valence-electron chi connectivity index (χ1n) is 6.25. The van der Waals surface area contributed by atoms with Crippen molar-refractivity contribution < 1.29 is 4.74 Å². The Hall–Kier alpha value is -1.97. The van der Waals surface area contributed by atoms with Gasteiger partial charge in [0.1, 0.15) is 5.75 Å². The van der Waals surface area contributed by atoms with E-state index in [2.05, 4.69) is 4.98 Å². The van der Waals surface area contributed by atoms with Crippen LogP contribution in [0.1, 0.15) is 0 Å². The first-order chi connectivity index (χ1) is 10.1. The Bertz CT molecular complexity index is 887. The van der Waals surface area contributed by atoms with E-state index in [1.165, 1.54) is 6.07 Å². The van der Waals surface area contributed by atoms with Gasteiger partial charge in [0.2, 0.25) is 5.56 Å². The minimum atomic E-state index is -0.151. The summed E-state index contributed by atoms with van der Waals surface area (Å²) in [5.74, 6) is 0.633. The largest absolute Gasteiger partial charge is 0.496 e. The van der Waals surface area contributed by atoms with Crippen molar-refractivity contribution in [1.29, 1.82) is 0 Å². The van der Waals surface area contributed by atoms with Crippen molar-refractivity contribution in [2.45, 2.75) is 0 Å². The fourth-order valence-corrected chi connectivity index (χ4v) is 2.78. The summed E-state index contributed by atoms with van der Waals surface area (Å²) in [4.78, 5) is 14.2. The molecule has 0 aliphatic heterocycles. The summed E-state index contributed by atoms with van der Waals surface area (Å²) in [5, 5.41) is 2.02. The van der Waals surface area contributed by atoms with Crippen molar-refractivity contribution >= 4 is 34.1 Å². The van der Waals surface area contributed by atoms with Gasteiger partial charge in [-0.05, 0) is 29.7 Å². The van der Waals surface area contributed by atoms with Crippen LogP contribution in [-0.2, 0) is 0 Å². The molecule has 0 unspecified atom stereocenters. The average molecular weight is 320 g/mol. The molecule has 106 valence electrons. The number of aromatic nitrogens is 1. The standard InChI is InChI=1S/C16H11Cl2NO2/c1-21-15-8-14-9(2-5-16(20)19-14)6-12(15)11-4-3-10(17)7-13(11)18/h2-8H,1H3,(H,19,20). The van der Waals surface area contributed by atoms with Gasteiger partial charge in [-0.1, -0.05) is 29.3 Å². The number of hydrogen-bond donors (Lipinski definition) is 1. The second-order valence-corrected chi connectivity index (χ2v) is 5.43. The van der Waals surface area contributed by atoms with Gasteiger partial charge in [0.05, 0.1) is 17.6 Å². The van der Waals surface area contributed by atoms with Crippen LogP contribution in [0.5, 0.6) is 5.75 Å². The Balaban J connectivity index is 2.30. The van der Waals surface area contributed by atoms with Gasteiger partial charge in [-0.25, -0.2) is 0 Å². The number of nitrogens with one attached hydrogen (secondary N) is 1. The van der Waals surface area contributed by atoms with E-state index in [-0.39, 0.29) is 5.56 Å². The highest BCUT2D eigenvalue weighted by Gasteiger charge is 2.12. The highest BCUT2D eigenvalue weighted by Crippen LogP contribution is 2.38. The molecule has 21 heavy (non-hydrogen) atoms. The van der Waals surface area contributed by atoms with Gasteiger partial charge >= 0.3 is 0 Å². The topological polar surface area (TPSA) is 42.1 Å². The molecule has 0 aliphatic rings. The lowest BCUT2D eigenvalue weighted by atomic mass is 10.0. The molecule has 0 aliphatic carbocycles. The van der Waals surface area contributed by atoms with Crippen molar-refractivity contribution in [3.63, 3.8) is 0 Å². The molecule has 3 rings (SSSR count). The lowest BCUT2D eigenvalue weighted by Gasteiger charge is -2.12. The molecule has 2 aromatic carbocycles. The maximum atomic E-state index is 11.4. The van der Waals surface area contributed by atoms with Crippen molar-refractivity contribution in [2.75, 3.05) is 7.11 Å².